The van der Waals surface area contributed by atoms with Crippen molar-refractivity contribution in [1.29, 1.82) is 0 Å². The Balaban J connectivity index is 2.54. The summed E-state index contributed by atoms with van der Waals surface area (Å²) < 4.78 is 28.3. The first-order chi connectivity index (χ1) is 9.47. The lowest BCUT2D eigenvalue weighted by atomic mass is 9.98. The van der Waals surface area contributed by atoms with Gasteiger partial charge in [-0.3, -0.25) is 9.59 Å². The van der Waals surface area contributed by atoms with Gasteiger partial charge in [-0.1, -0.05) is 0 Å². The Morgan fingerprint density at radius 3 is 2.52 bits per heavy atom. The smallest absolute Gasteiger partial charge is 0.313 e. The Hall–Kier alpha value is -1.90. The molecular weight excluding hydrogens is 298 g/mol. The third-order valence-corrected chi connectivity index (χ3v) is 3.04. The molecule has 9 heteroatoms. The second kappa shape index (κ2) is 6.25. The molecule has 118 valence electrons. The lowest BCUT2D eigenvalue weighted by Gasteiger charge is -2.16. The van der Waals surface area contributed by atoms with E-state index < -0.39 is 26.9 Å². The standard InChI is InChI=1S/C12H19N3O5S/c1-12(2,3)11(17)20-8-15-6-9(5-13-15)14-10(16)7-21(4,18)19/h5-6H,7-8H2,1-4H3,(H,14,16). The molecule has 0 fully saturated rings. The first-order valence-corrected chi connectivity index (χ1v) is 8.21. The molecule has 0 saturated heterocycles. The monoisotopic (exact) mass is 317 g/mol. The van der Waals surface area contributed by atoms with Crippen molar-refractivity contribution < 1.29 is 22.7 Å². The molecule has 1 heterocycles. The number of carbonyl (C=O) groups is 2. The quantitative estimate of drug-likeness (QED) is 0.788. The molecule has 0 radical (unpaired) electrons. The van der Waals surface area contributed by atoms with Crippen LogP contribution in [0.2, 0.25) is 0 Å². The molecule has 8 nitrogen and oxygen atoms in total. The highest BCUT2D eigenvalue weighted by Gasteiger charge is 2.23. The van der Waals surface area contributed by atoms with Crippen LogP contribution in [0.25, 0.3) is 0 Å². The number of rotatable bonds is 5. The molecule has 0 aliphatic heterocycles. The zero-order valence-corrected chi connectivity index (χ0v) is 13.2. The highest BCUT2D eigenvalue weighted by molar-refractivity contribution is 7.91. The van der Waals surface area contributed by atoms with E-state index in [4.69, 9.17) is 4.74 Å². The summed E-state index contributed by atoms with van der Waals surface area (Å²) in [4.78, 5) is 23.0. The maximum Gasteiger partial charge on any atom is 0.313 e. The van der Waals surface area contributed by atoms with Gasteiger partial charge in [0.1, 0.15) is 5.75 Å². The number of amides is 1. The minimum Gasteiger partial charge on any atom is -0.442 e. The average molecular weight is 317 g/mol. The number of anilines is 1. The van der Waals surface area contributed by atoms with E-state index in [2.05, 4.69) is 10.4 Å². The summed E-state index contributed by atoms with van der Waals surface area (Å²) in [5.41, 5.74) is -0.282. The van der Waals surface area contributed by atoms with Crippen molar-refractivity contribution in [3.63, 3.8) is 0 Å². The van der Waals surface area contributed by atoms with Crippen LogP contribution in [0.5, 0.6) is 0 Å². The number of aromatic nitrogens is 2. The molecular formula is C12H19N3O5S. The van der Waals surface area contributed by atoms with E-state index in [1.165, 1.54) is 17.1 Å². The fourth-order valence-corrected chi connectivity index (χ4v) is 1.82. The molecule has 0 saturated carbocycles. The predicted molar refractivity (Wildman–Crippen MR) is 76.1 cm³/mol. The van der Waals surface area contributed by atoms with Crippen LogP contribution in [0.1, 0.15) is 20.8 Å². The summed E-state index contributed by atoms with van der Waals surface area (Å²) in [7, 11) is -3.38. The summed E-state index contributed by atoms with van der Waals surface area (Å²) in [6.07, 6.45) is 3.75. The first-order valence-electron chi connectivity index (χ1n) is 6.14. The Kier molecular flexibility index (Phi) is 5.10. The summed E-state index contributed by atoms with van der Waals surface area (Å²) >= 11 is 0. The number of nitrogens with zero attached hydrogens (tertiary/aromatic N) is 2. The van der Waals surface area contributed by atoms with Gasteiger partial charge in [0.2, 0.25) is 5.91 Å². The van der Waals surface area contributed by atoms with E-state index in [1.807, 2.05) is 0 Å². The van der Waals surface area contributed by atoms with Gasteiger partial charge in [-0.15, -0.1) is 0 Å². The van der Waals surface area contributed by atoms with Crippen LogP contribution in [-0.2, 0) is 30.9 Å². The van der Waals surface area contributed by atoms with E-state index >= 15 is 0 Å². The van der Waals surface area contributed by atoms with Gasteiger partial charge in [0.25, 0.3) is 0 Å². The van der Waals surface area contributed by atoms with Crippen LogP contribution in [0.3, 0.4) is 0 Å². The SMILES string of the molecule is CC(C)(C)C(=O)OCn1cc(NC(=O)CS(C)(=O)=O)cn1. The van der Waals surface area contributed by atoms with Crippen molar-refractivity contribution in [2.45, 2.75) is 27.5 Å². The largest absolute Gasteiger partial charge is 0.442 e. The van der Waals surface area contributed by atoms with E-state index in [0.717, 1.165) is 6.26 Å². The third-order valence-electron chi connectivity index (χ3n) is 2.25. The van der Waals surface area contributed by atoms with E-state index in [9.17, 15) is 18.0 Å². The summed E-state index contributed by atoms with van der Waals surface area (Å²) in [6.45, 7) is 5.11. The number of hydrogen-bond donors (Lipinski definition) is 1. The van der Waals surface area contributed by atoms with Crippen molar-refractivity contribution in [3.8, 4) is 0 Å². The molecule has 21 heavy (non-hydrogen) atoms. The van der Waals surface area contributed by atoms with Crippen LogP contribution in [0.15, 0.2) is 12.4 Å². The summed E-state index contributed by atoms with van der Waals surface area (Å²) in [6, 6.07) is 0. The normalized spacial score (nSPS) is 12.0. The van der Waals surface area contributed by atoms with Crippen molar-refractivity contribution in [2.24, 2.45) is 5.41 Å². The van der Waals surface area contributed by atoms with E-state index in [0.29, 0.717) is 5.69 Å². The van der Waals surface area contributed by atoms with Gasteiger partial charge in [-0.05, 0) is 20.8 Å². The Morgan fingerprint density at radius 2 is 2.00 bits per heavy atom. The first kappa shape index (κ1) is 17.2. The molecule has 1 N–H and O–H groups in total. The zero-order chi connectivity index (χ0) is 16.3. The van der Waals surface area contributed by atoms with Crippen LogP contribution in [-0.4, -0.2) is 42.1 Å². The van der Waals surface area contributed by atoms with Gasteiger partial charge in [0, 0.05) is 6.26 Å². The van der Waals surface area contributed by atoms with Crippen molar-refractivity contribution in [2.75, 3.05) is 17.3 Å². The lowest BCUT2D eigenvalue weighted by Crippen LogP contribution is -2.24. The maximum absolute atomic E-state index is 11.6. The predicted octanol–water partition coefficient (Wildman–Crippen LogP) is 0.413. The molecule has 0 aromatic carbocycles. The molecule has 1 amide bonds. The van der Waals surface area contributed by atoms with Crippen LogP contribution < -0.4 is 5.32 Å². The number of carbonyl (C=O) groups excluding carboxylic acids is 2. The summed E-state index contributed by atoms with van der Waals surface area (Å²) in [5.74, 6) is -1.62. The third kappa shape index (κ3) is 6.39. The molecule has 0 aliphatic rings. The second-order valence-electron chi connectivity index (χ2n) is 5.70. The molecule has 1 rings (SSSR count). The van der Waals surface area contributed by atoms with Gasteiger partial charge in [0.05, 0.1) is 23.5 Å². The second-order valence-corrected chi connectivity index (χ2v) is 7.84. The minimum atomic E-state index is -3.38. The topological polar surface area (TPSA) is 107 Å². The maximum atomic E-state index is 11.6. The highest BCUT2D eigenvalue weighted by atomic mass is 32.2. The Bertz CT molecular complexity index is 628. The molecule has 0 unspecified atom stereocenters. The number of ether oxygens (including phenoxy) is 1. The number of esters is 1. The zero-order valence-electron chi connectivity index (χ0n) is 12.4. The highest BCUT2D eigenvalue weighted by Crippen LogP contribution is 2.15. The average Bonchev–Trinajstić information content (AvgIpc) is 2.69. The minimum absolute atomic E-state index is 0.0853. The summed E-state index contributed by atoms with van der Waals surface area (Å²) in [5, 5.41) is 6.29. The molecule has 0 aliphatic carbocycles. The van der Waals surface area contributed by atoms with Crippen molar-refractivity contribution >= 4 is 27.4 Å². The van der Waals surface area contributed by atoms with Crippen LogP contribution >= 0.6 is 0 Å². The Labute approximate surface area is 123 Å². The van der Waals surface area contributed by atoms with E-state index in [-0.39, 0.29) is 12.7 Å². The Morgan fingerprint density at radius 1 is 1.38 bits per heavy atom. The number of hydrogen-bond acceptors (Lipinski definition) is 6. The van der Waals surface area contributed by atoms with Gasteiger partial charge in [-0.25, -0.2) is 13.1 Å². The lowest BCUT2D eigenvalue weighted by molar-refractivity contribution is -0.157. The van der Waals surface area contributed by atoms with Crippen LogP contribution in [0, 0.1) is 5.41 Å². The number of nitrogens with one attached hydrogen (secondary N) is 1. The fourth-order valence-electron chi connectivity index (χ4n) is 1.28. The molecule has 0 spiro atoms. The number of sulfone groups is 1. The molecule has 0 bridgehead atoms. The van der Waals surface area contributed by atoms with Crippen molar-refractivity contribution in [3.05, 3.63) is 12.4 Å². The van der Waals surface area contributed by atoms with E-state index in [1.54, 1.807) is 20.8 Å². The molecule has 1 aromatic rings. The van der Waals surface area contributed by atoms with Crippen molar-refractivity contribution in [1.82, 2.24) is 9.78 Å². The van der Waals surface area contributed by atoms with Gasteiger partial charge in [0.15, 0.2) is 16.6 Å². The van der Waals surface area contributed by atoms with Gasteiger partial charge >= 0.3 is 5.97 Å². The van der Waals surface area contributed by atoms with Gasteiger partial charge < -0.3 is 10.1 Å². The van der Waals surface area contributed by atoms with Crippen LogP contribution in [0.4, 0.5) is 5.69 Å². The van der Waals surface area contributed by atoms with Gasteiger partial charge in [-0.2, -0.15) is 5.10 Å². The molecule has 0 atom stereocenters. The molecule has 1 aromatic heterocycles. The fraction of sp³-hybridized carbons (Fsp3) is 0.583.